The number of likely N-dealkylation sites (N-methyl/N-ethyl adjacent to an activating group) is 1. The Morgan fingerprint density at radius 1 is 1.33 bits per heavy atom. The van der Waals surface area contributed by atoms with Crippen LogP contribution in [0.1, 0.15) is 38.5 Å². The van der Waals surface area contributed by atoms with Gasteiger partial charge < -0.3 is 15.5 Å². The zero-order valence-electron chi connectivity index (χ0n) is 14.9. The third-order valence-electron chi connectivity index (χ3n) is 4.23. The molecule has 1 aliphatic carbocycles. The summed E-state index contributed by atoms with van der Waals surface area (Å²) in [6.07, 6.45) is 10.9. The highest BCUT2D eigenvalue weighted by Crippen LogP contribution is 2.17. The number of carbonyl (C=O) groups is 1. The van der Waals surface area contributed by atoms with Crippen LogP contribution in [0.4, 0.5) is 0 Å². The van der Waals surface area contributed by atoms with Crippen LogP contribution in [0, 0.1) is 0 Å². The SMILES string of the molecule is CN(C)C(=O)CN=C(NCCCn1cccn1)NC1CCCCC1. The molecule has 0 aliphatic heterocycles. The fourth-order valence-corrected chi connectivity index (χ4v) is 2.76. The number of aromatic nitrogens is 2. The van der Waals surface area contributed by atoms with E-state index >= 15 is 0 Å². The van der Waals surface area contributed by atoms with Gasteiger partial charge in [-0.15, -0.1) is 0 Å². The highest BCUT2D eigenvalue weighted by Gasteiger charge is 2.15. The van der Waals surface area contributed by atoms with Gasteiger partial charge in [0.2, 0.25) is 5.91 Å². The number of aliphatic imine (C=N–C) groups is 1. The van der Waals surface area contributed by atoms with Crippen LogP contribution in [0.15, 0.2) is 23.5 Å². The quantitative estimate of drug-likeness (QED) is 0.447. The number of carbonyl (C=O) groups excluding carboxylic acids is 1. The van der Waals surface area contributed by atoms with Crippen LogP contribution in [0.25, 0.3) is 0 Å². The summed E-state index contributed by atoms with van der Waals surface area (Å²) in [6, 6.07) is 2.39. The van der Waals surface area contributed by atoms with Gasteiger partial charge >= 0.3 is 0 Å². The highest BCUT2D eigenvalue weighted by molar-refractivity contribution is 5.84. The molecule has 0 radical (unpaired) electrons. The molecule has 1 amide bonds. The van der Waals surface area contributed by atoms with Crippen LogP contribution >= 0.6 is 0 Å². The van der Waals surface area contributed by atoms with Gasteiger partial charge in [0.25, 0.3) is 0 Å². The van der Waals surface area contributed by atoms with Gasteiger partial charge in [0.05, 0.1) is 0 Å². The summed E-state index contributed by atoms with van der Waals surface area (Å²) < 4.78 is 1.92. The predicted molar refractivity (Wildman–Crippen MR) is 95.9 cm³/mol. The van der Waals surface area contributed by atoms with E-state index in [-0.39, 0.29) is 12.5 Å². The molecule has 1 aromatic heterocycles. The van der Waals surface area contributed by atoms with E-state index in [4.69, 9.17) is 0 Å². The molecule has 0 bridgehead atoms. The normalized spacial score (nSPS) is 16.0. The number of rotatable bonds is 7. The van der Waals surface area contributed by atoms with Gasteiger partial charge in [-0.1, -0.05) is 19.3 Å². The zero-order chi connectivity index (χ0) is 17.2. The van der Waals surface area contributed by atoms with Crippen molar-refractivity contribution in [2.45, 2.75) is 51.1 Å². The Labute approximate surface area is 144 Å². The largest absolute Gasteiger partial charge is 0.356 e. The van der Waals surface area contributed by atoms with Crippen molar-refractivity contribution in [3.05, 3.63) is 18.5 Å². The topological polar surface area (TPSA) is 74.5 Å². The number of hydrogen-bond donors (Lipinski definition) is 2. The summed E-state index contributed by atoms with van der Waals surface area (Å²) in [5.41, 5.74) is 0. The Kier molecular flexibility index (Phi) is 7.58. The van der Waals surface area contributed by atoms with Crippen molar-refractivity contribution in [3.63, 3.8) is 0 Å². The van der Waals surface area contributed by atoms with Gasteiger partial charge in [0, 0.05) is 45.6 Å². The molecule has 0 saturated heterocycles. The standard InChI is InChI=1S/C17H30N6O/c1-22(2)16(24)14-19-17(21-15-8-4-3-5-9-15)18-10-6-12-23-13-7-11-20-23/h7,11,13,15H,3-6,8-10,12,14H2,1-2H3,(H2,18,19,21). The Morgan fingerprint density at radius 3 is 2.79 bits per heavy atom. The molecule has 1 saturated carbocycles. The zero-order valence-corrected chi connectivity index (χ0v) is 14.9. The van der Waals surface area contributed by atoms with Crippen LogP contribution in [0.2, 0.25) is 0 Å². The van der Waals surface area contributed by atoms with Crippen molar-refractivity contribution in [1.82, 2.24) is 25.3 Å². The average molecular weight is 334 g/mol. The Morgan fingerprint density at radius 2 is 2.12 bits per heavy atom. The van der Waals surface area contributed by atoms with E-state index in [9.17, 15) is 4.79 Å². The molecule has 1 fully saturated rings. The lowest BCUT2D eigenvalue weighted by Crippen LogP contribution is -2.45. The van der Waals surface area contributed by atoms with Crippen LogP contribution in [-0.2, 0) is 11.3 Å². The van der Waals surface area contributed by atoms with Crippen LogP contribution in [-0.4, -0.2) is 59.8 Å². The minimum Gasteiger partial charge on any atom is -0.356 e. The van der Waals surface area contributed by atoms with E-state index in [1.807, 2.05) is 16.9 Å². The first-order valence-electron chi connectivity index (χ1n) is 8.87. The number of nitrogens with zero attached hydrogens (tertiary/aromatic N) is 4. The van der Waals surface area contributed by atoms with Gasteiger partial charge in [-0.05, 0) is 25.3 Å². The first kappa shape index (κ1) is 18.3. The molecule has 2 rings (SSSR count). The maximum Gasteiger partial charge on any atom is 0.243 e. The second-order valence-electron chi connectivity index (χ2n) is 6.48. The Balaban J connectivity index is 1.81. The molecule has 2 N–H and O–H groups in total. The molecule has 0 atom stereocenters. The van der Waals surface area contributed by atoms with Crippen molar-refractivity contribution >= 4 is 11.9 Å². The number of hydrogen-bond acceptors (Lipinski definition) is 3. The average Bonchev–Trinajstić information content (AvgIpc) is 3.10. The number of nitrogens with one attached hydrogen (secondary N) is 2. The minimum absolute atomic E-state index is 0.0104. The Hall–Kier alpha value is -2.05. The van der Waals surface area contributed by atoms with Gasteiger partial charge in [-0.25, -0.2) is 4.99 Å². The lowest BCUT2D eigenvalue weighted by molar-refractivity contribution is -0.127. The molecule has 1 aliphatic rings. The fraction of sp³-hybridized carbons (Fsp3) is 0.706. The highest BCUT2D eigenvalue weighted by atomic mass is 16.2. The van der Waals surface area contributed by atoms with Crippen molar-refractivity contribution in [2.75, 3.05) is 27.2 Å². The van der Waals surface area contributed by atoms with Crippen molar-refractivity contribution in [2.24, 2.45) is 4.99 Å². The maximum absolute atomic E-state index is 11.8. The second kappa shape index (κ2) is 9.95. The molecule has 24 heavy (non-hydrogen) atoms. The van der Waals surface area contributed by atoms with E-state index in [2.05, 4.69) is 20.7 Å². The summed E-state index contributed by atoms with van der Waals surface area (Å²) in [6.45, 7) is 1.84. The van der Waals surface area contributed by atoms with Crippen LogP contribution in [0.5, 0.6) is 0 Å². The molecule has 0 aromatic carbocycles. The molecule has 1 aromatic rings. The fourth-order valence-electron chi connectivity index (χ4n) is 2.76. The lowest BCUT2D eigenvalue weighted by Gasteiger charge is -2.25. The van der Waals surface area contributed by atoms with E-state index in [1.54, 1.807) is 25.2 Å². The molecule has 7 nitrogen and oxygen atoms in total. The summed E-state index contributed by atoms with van der Waals surface area (Å²) in [7, 11) is 3.51. The summed E-state index contributed by atoms with van der Waals surface area (Å²) in [4.78, 5) is 17.8. The summed E-state index contributed by atoms with van der Waals surface area (Å²) >= 11 is 0. The van der Waals surface area contributed by atoms with Gasteiger partial charge in [-0.3, -0.25) is 9.48 Å². The molecule has 134 valence electrons. The molecule has 0 unspecified atom stereocenters. The van der Waals surface area contributed by atoms with Gasteiger partial charge in [-0.2, -0.15) is 5.10 Å². The first-order valence-corrected chi connectivity index (χ1v) is 8.87. The van der Waals surface area contributed by atoms with Crippen molar-refractivity contribution < 1.29 is 4.79 Å². The van der Waals surface area contributed by atoms with Crippen LogP contribution < -0.4 is 10.6 Å². The third-order valence-corrected chi connectivity index (χ3v) is 4.23. The van der Waals surface area contributed by atoms with Crippen LogP contribution in [0.3, 0.4) is 0 Å². The molecule has 0 spiro atoms. The van der Waals surface area contributed by atoms with E-state index in [1.165, 1.54) is 32.1 Å². The maximum atomic E-state index is 11.8. The second-order valence-corrected chi connectivity index (χ2v) is 6.48. The number of guanidine groups is 1. The smallest absolute Gasteiger partial charge is 0.243 e. The van der Waals surface area contributed by atoms with Gasteiger partial charge in [0.1, 0.15) is 6.54 Å². The predicted octanol–water partition coefficient (Wildman–Crippen LogP) is 1.23. The summed E-state index contributed by atoms with van der Waals surface area (Å²) in [5.74, 6) is 0.758. The molecular formula is C17H30N6O. The van der Waals surface area contributed by atoms with E-state index in [0.717, 1.165) is 25.5 Å². The molecular weight excluding hydrogens is 304 g/mol. The first-order chi connectivity index (χ1) is 11.6. The minimum atomic E-state index is 0.0104. The lowest BCUT2D eigenvalue weighted by atomic mass is 9.96. The van der Waals surface area contributed by atoms with E-state index in [0.29, 0.717) is 6.04 Å². The molecule has 1 heterocycles. The van der Waals surface area contributed by atoms with Crippen molar-refractivity contribution in [1.29, 1.82) is 0 Å². The number of aryl methyl sites for hydroxylation is 1. The van der Waals surface area contributed by atoms with E-state index < -0.39 is 0 Å². The molecule has 7 heteroatoms. The number of amides is 1. The van der Waals surface area contributed by atoms with Crippen molar-refractivity contribution in [3.8, 4) is 0 Å². The third kappa shape index (κ3) is 6.60. The Bertz CT molecular complexity index is 505. The monoisotopic (exact) mass is 334 g/mol. The summed E-state index contributed by atoms with van der Waals surface area (Å²) in [5, 5.41) is 11.0. The van der Waals surface area contributed by atoms with Gasteiger partial charge in [0.15, 0.2) is 5.96 Å².